The molecule has 1 aromatic rings. The third-order valence-corrected chi connectivity index (χ3v) is 5.81. The highest BCUT2D eigenvalue weighted by Gasteiger charge is 2.55. The molecule has 2 saturated heterocycles. The first-order valence-corrected chi connectivity index (χ1v) is 8.57. The molecule has 0 aromatic carbocycles. The van der Waals surface area contributed by atoms with E-state index in [0.717, 1.165) is 26.2 Å². The maximum absolute atomic E-state index is 12.9. The van der Waals surface area contributed by atoms with Crippen LogP contribution in [0.2, 0.25) is 0 Å². The average Bonchev–Trinajstić information content (AvgIpc) is 3.27. The van der Waals surface area contributed by atoms with E-state index < -0.39 is 0 Å². The zero-order valence-corrected chi connectivity index (χ0v) is 13.3. The van der Waals surface area contributed by atoms with Gasteiger partial charge in [-0.15, -0.1) is 5.10 Å². The largest absolute Gasteiger partial charge is 0.367 e. The van der Waals surface area contributed by atoms with Crippen LogP contribution in [0.4, 0.5) is 5.95 Å². The molecule has 23 heavy (non-hydrogen) atoms. The summed E-state index contributed by atoms with van der Waals surface area (Å²) in [4.78, 5) is 19.5. The molecule has 0 spiro atoms. The van der Waals surface area contributed by atoms with Gasteiger partial charge in [0.25, 0.3) is 0 Å². The van der Waals surface area contributed by atoms with Gasteiger partial charge in [-0.1, -0.05) is 12.8 Å². The van der Waals surface area contributed by atoms with Crippen LogP contribution in [0, 0.1) is 11.3 Å². The number of anilines is 1. The number of carbonyl (C=O) groups is 1. The number of amides is 1. The van der Waals surface area contributed by atoms with Gasteiger partial charge in [-0.05, 0) is 12.8 Å². The van der Waals surface area contributed by atoms with E-state index in [-0.39, 0.29) is 17.3 Å². The number of nitrogens with two attached hydrogens (primary N) is 1. The molecule has 0 bridgehead atoms. The topological polar surface area (TPSA) is 112 Å². The highest BCUT2D eigenvalue weighted by Crippen LogP contribution is 2.42. The molecule has 2 atom stereocenters. The van der Waals surface area contributed by atoms with Crippen molar-refractivity contribution in [3.8, 4) is 0 Å². The van der Waals surface area contributed by atoms with Crippen molar-refractivity contribution in [3.63, 3.8) is 0 Å². The van der Waals surface area contributed by atoms with Crippen molar-refractivity contribution in [1.29, 1.82) is 0 Å². The van der Waals surface area contributed by atoms with E-state index >= 15 is 0 Å². The Kier molecular flexibility index (Phi) is 3.73. The number of nitrogens with zero attached hydrogens (tertiary/aromatic N) is 3. The first-order valence-electron chi connectivity index (χ1n) is 8.57. The van der Waals surface area contributed by atoms with Crippen molar-refractivity contribution in [3.05, 3.63) is 5.82 Å². The van der Waals surface area contributed by atoms with Gasteiger partial charge in [0, 0.05) is 38.1 Å². The standard InChI is InChI=1S/C15H25N7O/c16-14-19-12(20-21-14)6-18-13(23)15-8-17-5-10(15)7-22(9-15)11-3-1-2-4-11/h10-11,17H,1-9H2,(H,18,23)(H3,16,19,20,21)/t10-,15-/m0/s1. The lowest BCUT2D eigenvalue weighted by atomic mass is 9.80. The molecule has 5 N–H and O–H groups in total. The van der Waals surface area contributed by atoms with Crippen LogP contribution in [0.25, 0.3) is 0 Å². The van der Waals surface area contributed by atoms with Gasteiger partial charge in [0.05, 0.1) is 12.0 Å². The first kappa shape index (κ1) is 14.9. The minimum atomic E-state index is -0.297. The molecule has 8 nitrogen and oxygen atoms in total. The van der Waals surface area contributed by atoms with Gasteiger partial charge in [-0.2, -0.15) is 4.98 Å². The third-order valence-electron chi connectivity index (χ3n) is 5.81. The molecule has 1 amide bonds. The quantitative estimate of drug-likeness (QED) is 0.593. The van der Waals surface area contributed by atoms with Crippen LogP contribution in [0.5, 0.6) is 0 Å². The maximum atomic E-state index is 12.9. The molecule has 1 aliphatic carbocycles. The third kappa shape index (κ3) is 2.59. The number of aromatic nitrogens is 3. The van der Waals surface area contributed by atoms with E-state index in [4.69, 9.17) is 5.73 Å². The number of likely N-dealkylation sites (tertiary alicyclic amines) is 1. The number of nitrogens with one attached hydrogen (secondary N) is 3. The molecule has 126 valence electrons. The van der Waals surface area contributed by atoms with Gasteiger partial charge in [0.2, 0.25) is 11.9 Å². The predicted molar refractivity (Wildman–Crippen MR) is 85.3 cm³/mol. The number of rotatable bonds is 4. The van der Waals surface area contributed by atoms with Gasteiger partial charge in [0.1, 0.15) is 5.82 Å². The molecule has 0 unspecified atom stereocenters. The van der Waals surface area contributed by atoms with Crippen molar-refractivity contribution in [1.82, 2.24) is 30.7 Å². The maximum Gasteiger partial charge on any atom is 0.239 e. The molecule has 8 heteroatoms. The van der Waals surface area contributed by atoms with Crippen LogP contribution in [0.1, 0.15) is 31.5 Å². The number of H-pyrrole nitrogens is 1. The summed E-state index contributed by atoms with van der Waals surface area (Å²) in [6.07, 6.45) is 5.23. The Hall–Kier alpha value is -1.67. The number of carbonyl (C=O) groups excluding carboxylic acids is 1. The van der Waals surface area contributed by atoms with E-state index in [9.17, 15) is 4.79 Å². The fourth-order valence-corrected chi connectivity index (χ4v) is 4.56. The van der Waals surface area contributed by atoms with Crippen LogP contribution in [0.3, 0.4) is 0 Å². The second-order valence-corrected chi connectivity index (χ2v) is 7.17. The Morgan fingerprint density at radius 3 is 3.00 bits per heavy atom. The molecule has 4 rings (SSSR count). The second-order valence-electron chi connectivity index (χ2n) is 7.17. The number of fused-ring (bicyclic) bond motifs is 1. The fourth-order valence-electron chi connectivity index (χ4n) is 4.56. The molecular formula is C15H25N7O. The van der Waals surface area contributed by atoms with Crippen molar-refractivity contribution in [2.75, 3.05) is 31.9 Å². The predicted octanol–water partition coefficient (Wildman–Crippen LogP) is -0.533. The Morgan fingerprint density at radius 2 is 2.26 bits per heavy atom. The van der Waals surface area contributed by atoms with E-state index in [2.05, 4.69) is 30.7 Å². The lowest BCUT2D eigenvalue weighted by Gasteiger charge is -2.28. The Balaban J connectivity index is 1.43. The van der Waals surface area contributed by atoms with Crippen molar-refractivity contribution < 1.29 is 4.79 Å². The summed E-state index contributed by atoms with van der Waals surface area (Å²) in [5, 5.41) is 13.0. The minimum Gasteiger partial charge on any atom is -0.367 e. The average molecular weight is 319 g/mol. The van der Waals surface area contributed by atoms with Crippen molar-refractivity contribution in [2.24, 2.45) is 11.3 Å². The van der Waals surface area contributed by atoms with Gasteiger partial charge >= 0.3 is 0 Å². The number of hydrogen-bond acceptors (Lipinski definition) is 6. The lowest BCUT2D eigenvalue weighted by Crippen LogP contribution is -2.47. The molecule has 0 radical (unpaired) electrons. The molecule has 3 aliphatic rings. The highest BCUT2D eigenvalue weighted by atomic mass is 16.2. The molecule has 1 aromatic heterocycles. The molecule has 2 aliphatic heterocycles. The van der Waals surface area contributed by atoms with Gasteiger partial charge in [0.15, 0.2) is 0 Å². The van der Waals surface area contributed by atoms with Crippen LogP contribution in [-0.4, -0.2) is 58.2 Å². The number of hydrogen-bond donors (Lipinski definition) is 4. The van der Waals surface area contributed by atoms with Crippen molar-refractivity contribution in [2.45, 2.75) is 38.3 Å². The summed E-state index contributed by atoms with van der Waals surface area (Å²) in [5.41, 5.74) is 5.20. The zero-order valence-electron chi connectivity index (χ0n) is 13.3. The van der Waals surface area contributed by atoms with Crippen LogP contribution < -0.4 is 16.4 Å². The Labute approximate surface area is 135 Å². The van der Waals surface area contributed by atoms with E-state index in [1.807, 2.05) is 0 Å². The first-order chi connectivity index (χ1) is 11.2. The summed E-state index contributed by atoms with van der Waals surface area (Å²) < 4.78 is 0. The summed E-state index contributed by atoms with van der Waals surface area (Å²) in [7, 11) is 0. The minimum absolute atomic E-state index is 0.128. The van der Waals surface area contributed by atoms with Crippen molar-refractivity contribution >= 4 is 11.9 Å². The molecule has 3 fully saturated rings. The SMILES string of the molecule is Nc1n[nH]c(CNC(=O)[C@]23CNC[C@H]2CN(C2CCCC2)C3)n1. The van der Waals surface area contributed by atoms with Crippen LogP contribution in [-0.2, 0) is 11.3 Å². The summed E-state index contributed by atoms with van der Waals surface area (Å²) in [5.74, 6) is 1.34. The lowest BCUT2D eigenvalue weighted by molar-refractivity contribution is -0.131. The Bertz CT molecular complexity index is 582. The van der Waals surface area contributed by atoms with Gasteiger partial charge < -0.3 is 16.4 Å². The van der Waals surface area contributed by atoms with E-state index in [1.165, 1.54) is 25.7 Å². The van der Waals surface area contributed by atoms with Crippen LogP contribution in [0.15, 0.2) is 0 Å². The fraction of sp³-hybridized carbons (Fsp3) is 0.800. The summed E-state index contributed by atoms with van der Waals surface area (Å²) in [6.45, 7) is 3.97. The monoisotopic (exact) mass is 319 g/mol. The van der Waals surface area contributed by atoms with Gasteiger partial charge in [-0.25, -0.2) is 0 Å². The van der Waals surface area contributed by atoms with Gasteiger partial charge in [-0.3, -0.25) is 14.8 Å². The Morgan fingerprint density at radius 1 is 1.43 bits per heavy atom. The number of aromatic amines is 1. The summed E-state index contributed by atoms with van der Waals surface area (Å²) >= 11 is 0. The van der Waals surface area contributed by atoms with Crippen LogP contribution >= 0.6 is 0 Å². The number of nitrogen functional groups attached to an aromatic ring is 1. The highest BCUT2D eigenvalue weighted by molar-refractivity contribution is 5.84. The smallest absolute Gasteiger partial charge is 0.239 e. The summed E-state index contributed by atoms with van der Waals surface area (Å²) in [6, 6.07) is 0.680. The van der Waals surface area contributed by atoms with E-state index in [0.29, 0.717) is 24.3 Å². The molecule has 3 heterocycles. The normalized spacial score (nSPS) is 31.6. The second kappa shape index (κ2) is 5.76. The molecular weight excluding hydrogens is 294 g/mol. The molecule has 1 saturated carbocycles. The van der Waals surface area contributed by atoms with E-state index in [1.54, 1.807) is 0 Å². The zero-order chi connectivity index (χ0) is 15.9.